The number of halogens is 1. The fourth-order valence-corrected chi connectivity index (χ4v) is 1.14. The smallest absolute Gasteiger partial charge is 0.119 e. The minimum atomic E-state index is -0.358. The van der Waals surface area contributed by atoms with Crippen molar-refractivity contribution in [1.29, 1.82) is 0 Å². The van der Waals surface area contributed by atoms with Crippen LogP contribution in [-0.4, -0.2) is 21.9 Å². The number of phenols is 2. The van der Waals surface area contributed by atoms with Gasteiger partial charge in [0.25, 0.3) is 0 Å². The summed E-state index contributed by atoms with van der Waals surface area (Å²) in [6.07, 6.45) is 0.406. The van der Waals surface area contributed by atoms with Gasteiger partial charge in [-0.3, -0.25) is 0 Å². The molecule has 0 amide bonds. The highest BCUT2D eigenvalue weighted by Gasteiger charge is 2.07. The minimum Gasteiger partial charge on any atom is -0.508 e. The van der Waals surface area contributed by atoms with Crippen molar-refractivity contribution in [2.24, 2.45) is 5.73 Å². The van der Waals surface area contributed by atoms with Crippen LogP contribution >= 0.6 is 12.4 Å². The maximum Gasteiger partial charge on any atom is 0.119 e. The zero-order valence-electron chi connectivity index (χ0n) is 7.55. The van der Waals surface area contributed by atoms with E-state index in [0.717, 1.165) is 0 Å². The summed E-state index contributed by atoms with van der Waals surface area (Å²) in [4.78, 5) is 0. The highest BCUT2D eigenvalue weighted by atomic mass is 35.5. The van der Waals surface area contributed by atoms with Crippen molar-refractivity contribution in [1.82, 2.24) is 0 Å². The zero-order chi connectivity index (χ0) is 9.84. The van der Waals surface area contributed by atoms with Gasteiger partial charge >= 0.3 is 0 Å². The van der Waals surface area contributed by atoms with Crippen LogP contribution in [0.25, 0.3) is 0 Å². The lowest BCUT2D eigenvalue weighted by molar-refractivity contribution is 0.276. The molecule has 14 heavy (non-hydrogen) atoms. The van der Waals surface area contributed by atoms with Crippen molar-refractivity contribution >= 4 is 12.4 Å². The molecule has 0 unspecified atom stereocenters. The van der Waals surface area contributed by atoms with Crippen molar-refractivity contribution in [3.63, 3.8) is 0 Å². The Balaban J connectivity index is 0.00000169. The fraction of sp³-hybridized carbons (Fsp3) is 0.333. The molecular weight excluding hydrogens is 206 g/mol. The highest BCUT2D eigenvalue weighted by molar-refractivity contribution is 5.85. The predicted molar refractivity (Wildman–Crippen MR) is 55.7 cm³/mol. The zero-order valence-corrected chi connectivity index (χ0v) is 8.37. The van der Waals surface area contributed by atoms with Gasteiger partial charge in [-0.15, -0.1) is 12.4 Å². The average Bonchev–Trinajstić information content (AvgIpc) is 2.03. The normalized spacial score (nSPS) is 11.9. The van der Waals surface area contributed by atoms with Gasteiger partial charge in [-0.25, -0.2) is 0 Å². The molecular formula is C9H14ClNO3. The lowest BCUT2D eigenvalue weighted by atomic mass is 10.0. The number of nitrogens with two attached hydrogens (primary N) is 1. The SMILES string of the molecule is Cl.N[C@H](CCO)c1cc(O)cc(O)c1. The van der Waals surface area contributed by atoms with E-state index in [1.54, 1.807) is 0 Å². The van der Waals surface area contributed by atoms with Crippen molar-refractivity contribution in [2.45, 2.75) is 12.5 Å². The summed E-state index contributed by atoms with van der Waals surface area (Å²) in [6, 6.07) is 3.82. The van der Waals surface area contributed by atoms with E-state index >= 15 is 0 Å². The number of hydrogen-bond acceptors (Lipinski definition) is 4. The molecule has 80 valence electrons. The highest BCUT2D eigenvalue weighted by Crippen LogP contribution is 2.24. The first kappa shape index (κ1) is 13.0. The Morgan fingerprint density at radius 2 is 1.64 bits per heavy atom. The van der Waals surface area contributed by atoms with E-state index in [2.05, 4.69) is 0 Å². The summed E-state index contributed by atoms with van der Waals surface area (Å²) in [5, 5.41) is 26.9. The monoisotopic (exact) mass is 219 g/mol. The molecule has 4 nitrogen and oxygen atoms in total. The summed E-state index contributed by atoms with van der Waals surface area (Å²) in [5.74, 6) is -0.0493. The topological polar surface area (TPSA) is 86.7 Å². The third kappa shape index (κ3) is 3.41. The molecule has 1 rings (SSSR count). The average molecular weight is 220 g/mol. The molecule has 0 radical (unpaired) electrons. The number of phenolic OH excluding ortho intramolecular Hbond substituents is 2. The number of hydrogen-bond donors (Lipinski definition) is 4. The predicted octanol–water partition coefficient (Wildman–Crippen LogP) is 0.902. The quantitative estimate of drug-likeness (QED) is 0.609. The second-order valence-electron chi connectivity index (χ2n) is 2.90. The van der Waals surface area contributed by atoms with Gasteiger partial charge in [-0.05, 0) is 24.1 Å². The van der Waals surface area contributed by atoms with Gasteiger partial charge in [0, 0.05) is 18.7 Å². The summed E-state index contributed by atoms with van der Waals surface area (Å²) in [7, 11) is 0. The molecule has 0 aliphatic rings. The second-order valence-corrected chi connectivity index (χ2v) is 2.90. The molecule has 1 aromatic rings. The van der Waals surface area contributed by atoms with Crippen molar-refractivity contribution < 1.29 is 15.3 Å². The molecule has 0 saturated heterocycles. The van der Waals surface area contributed by atoms with E-state index in [-0.39, 0.29) is 36.6 Å². The van der Waals surface area contributed by atoms with Crippen LogP contribution in [0.15, 0.2) is 18.2 Å². The lowest BCUT2D eigenvalue weighted by Gasteiger charge is -2.10. The van der Waals surface area contributed by atoms with Crippen LogP contribution < -0.4 is 5.73 Å². The third-order valence-corrected chi connectivity index (χ3v) is 1.79. The number of aliphatic hydroxyl groups excluding tert-OH is 1. The lowest BCUT2D eigenvalue weighted by Crippen LogP contribution is -2.11. The molecule has 0 fully saturated rings. The molecule has 0 saturated carbocycles. The summed E-state index contributed by atoms with van der Waals surface area (Å²) in [6.45, 7) is -0.0163. The van der Waals surface area contributed by atoms with Gasteiger partial charge in [-0.1, -0.05) is 0 Å². The van der Waals surface area contributed by atoms with Gasteiger partial charge < -0.3 is 21.1 Å². The number of aromatic hydroxyl groups is 2. The van der Waals surface area contributed by atoms with Gasteiger partial charge in [0.2, 0.25) is 0 Å². The van der Waals surface area contributed by atoms with Crippen LogP contribution in [0.5, 0.6) is 11.5 Å². The van der Waals surface area contributed by atoms with Gasteiger partial charge in [0.05, 0.1) is 0 Å². The maximum absolute atomic E-state index is 9.13. The van der Waals surface area contributed by atoms with E-state index in [1.165, 1.54) is 18.2 Å². The Morgan fingerprint density at radius 3 is 2.07 bits per heavy atom. The first-order chi connectivity index (χ1) is 6.13. The molecule has 1 atom stereocenters. The molecule has 1 aromatic carbocycles. The van der Waals surface area contributed by atoms with Gasteiger partial charge in [0.15, 0.2) is 0 Å². The van der Waals surface area contributed by atoms with E-state index in [4.69, 9.17) is 21.1 Å². The first-order valence-corrected chi connectivity index (χ1v) is 4.03. The van der Waals surface area contributed by atoms with Crippen molar-refractivity contribution in [2.75, 3.05) is 6.61 Å². The Morgan fingerprint density at radius 1 is 1.14 bits per heavy atom. The van der Waals surface area contributed by atoms with Crippen LogP contribution in [0.3, 0.4) is 0 Å². The van der Waals surface area contributed by atoms with Crippen LogP contribution in [0.4, 0.5) is 0 Å². The summed E-state index contributed by atoms with van der Waals surface area (Å²) in [5.41, 5.74) is 6.28. The number of rotatable bonds is 3. The Kier molecular flexibility index (Phi) is 5.30. The Hall–Kier alpha value is -0.970. The first-order valence-electron chi connectivity index (χ1n) is 4.03. The molecule has 0 aromatic heterocycles. The van der Waals surface area contributed by atoms with Crippen LogP contribution in [0, 0.1) is 0 Å². The number of aliphatic hydroxyl groups is 1. The standard InChI is InChI=1S/C9H13NO3.ClH/c10-9(1-2-11)6-3-7(12)5-8(13)4-6;/h3-5,9,11-13H,1-2,10H2;1H/t9-;/m1./s1. The van der Waals surface area contributed by atoms with Gasteiger partial charge in [0.1, 0.15) is 11.5 Å². The molecule has 0 aliphatic carbocycles. The van der Waals surface area contributed by atoms with Crippen LogP contribution in [-0.2, 0) is 0 Å². The van der Waals surface area contributed by atoms with E-state index in [1.807, 2.05) is 0 Å². The second kappa shape index (κ2) is 5.70. The van der Waals surface area contributed by atoms with E-state index in [0.29, 0.717) is 12.0 Å². The maximum atomic E-state index is 9.13. The van der Waals surface area contributed by atoms with Gasteiger partial charge in [-0.2, -0.15) is 0 Å². The fourth-order valence-electron chi connectivity index (χ4n) is 1.14. The summed E-state index contributed by atoms with van der Waals surface area (Å²) < 4.78 is 0. The van der Waals surface area contributed by atoms with Crippen molar-refractivity contribution in [3.05, 3.63) is 23.8 Å². The molecule has 0 heterocycles. The van der Waals surface area contributed by atoms with Crippen LogP contribution in [0.2, 0.25) is 0 Å². The number of benzene rings is 1. The molecule has 0 aliphatic heterocycles. The third-order valence-electron chi connectivity index (χ3n) is 1.79. The minimum absolute atomic E-state index is 0. The Labute approximate surface area is 88.4 Å². The molecule has 0 bridgehead atoms. The summed E-state index contributed by atoms with van der Waals surface area (Å²) >= 11 is 0. The molecule has 5 heteroatoms. The molecule has 0 spiro atoms. The van der Waals surface area contributed by atoms with Crippen LogP contribution in [0.1, 0.15) is 18.0 Å². The largest absolute Gasteiger partial charge is 0.508 e. The van der Waals surface area contributed by atoms with Crippen molar-refractivity contribution in [3.8, 4) is 11.5 Å². The van der Waals surface area contributed by atoms with E-state index < -0.39 is 0 Å². The Bertz CT molecular complexity index is 273. The van der Waals surface area contributed by atoms with E-state index in [9.17, 15) is 0 Å². The molecule has 5 N–H and O–H groups in total.